The minimum Gasteiger partial charge on any atom is -0.497 e. The summed E-state index contributed by atoms with van der Waals surface area (Å²) in [4.78, 5) is 9.28. The number of benzene rings is 1. The van der Waals surface area contributed by atoms with E-state index in [0.29, 0.717) is 11.9 Å². The number of nitrogens with one attached hydrogen (secondary N) is 1. The molecule has 1 saturated carbocycles. The van der Waals surface area contributed by atoms with Crippen molar-refractivity contribution >= 4 is 17.3 Å². The minimum absolute atomic E-state index is 0.539. The lowest BCUT2D eigenvalue weighted by Gasteiger charge is -2.14. The van der Waals surface area contributed by atoms with E-state index in [1.165, 1.54) is 18.4 Å². The van der Waals surface area contributed by atoms with Gasteiger partial charge in [-0.3, -0.25) is 0 Å². The first-order valence-corrected chi connectivity index (χ1v) is 9.24. The van der Waals surface area contributed by atoms with Crippen molar-refractivity contribution < 1.29 is 4.74 Å². The van der Waals surface area contributed by atoms with Crippen LogP contribution in [0.4, 0.5) is 11.6 Å². The first-order chi connectivity index (χ1) is 12.6. The highest BCUT2D eigenvalue weighted by Gasteiger charge is 2.33. The fourth-order valence-electron chi connectivity index (χ4n) is 3.67. The van der Waals surface area contributed by atoms with E-state index < -0.39 is 0 Å². The Hall–Kier alpha value is -2.63. The Labute approximate surface area is 153 Å². The van der Waals surface area contributed by atoms with E-state index in [0.717, 1.165) is 40.8 Å². The molecule has 0 spiro atoms. The van der Waals surface area contributed by atoms with Crippen LogP contribution in [0.25, 0.3) is 5.65 Å². The Balaban J connectivity index is 1.75. The molecule has 6 nitrogen and oxygen atoms in total. The molecule has 26 heavy (non-hydrogen) atoms. The summed E-state index contributed by atoms with van der Waals surface area (Å²) in [7, 11) is 1.68. The fraction of sp³-hybridized carbons (Fsp3) is 0.450. The maximum atomic E-state index is 5.29. The van der Waals surface area contributed by atoms with Crippen molar-refractivity contribution in [1.29, 1.82) is 0 Å². The van der Waals surface area contributed by atoms with Gasteiger partial charge in [-0.05, 0) is 68.7 Å². The number of aromatic nitrogens is 4. The third kappa shape index (κ3) is 3.00. The summed E-state index contributed by atoms with van der Waals surface area (Å²) in [5.74, 6) is 3.60. The molecule has 1 fully saturated rings. The van der Waals surface area contributed by atoms with Crippen molar-refractivity contribution in [3.8, 4) is 5.75 Å². The smallest absolute Gasteiger partial charge is 0.232 e. The van der Waals surface area contributed by atoms with Crippen molar-refractivity contribution in [2.75, 3.05) is 12.4 Å². The monoisotopic (exact) mass is 351 g/mol. The van der Waals surface area contributed by atoms with Gasteiger partial charge in [-0.1, -0.05) is 6.92 Å². The average molecular weight is 351 g/mol. The lowest BCUT2D eigenvalue weighted by molar-refractivity contribution is 0.414. The van der Waals surface area contributed by atoms with Gasteiger partial charge in [0.2, 0.25) is 5.95 Å². The summed E-state index contributed by atoms with van der Waals surface area (Å²) in [6.07, 6.45) is 5.73. The van der Waals surface area contributed by atoms with Gasteiger partial charge in [0.1, 0.15) is 11.6 Å². The van der Waals surface area contributed by atoms with Gasteiger partial charge in [0.05, 0.1) is 13.3 Å². The van der Waals surface area contributed by atoms with E-state index in [-0.39, 0.29) is 0 Å². The third-order valence-electron chi connectivity index (χ3n) is 5.22. The normalized spacial score (nSPS) is 15.2. The van der Waals surface area contributed by atoms with Crippen LogP contribution < -0.4 is 10.1 Å². The van der Waals surface area contributed by atoms with Crippen LogP contribution in [0.15, 0.2) is 24.4 Å². The second kappa shape index (κ2) is 6.59. The van der Waals surface area contributed by atoms with Crippen LogP contribution in [0.2, 0.25) is 0 Å². The van der Waals surface area contributed by atoms with Crippen LogP contribution in [0, 0.1) is 19.8 Å². The highest BCUT2D eigenvalue weighted by Crippen LogP contribution is 2.45. The highest BCUT2D eigenvalue weighted by atomic mass is 16.5. The number of anilines is 2. The molecule has 1 aliphatic rings. The summed E-state index contributed by atoms with van der Waals surface area (Å²) >= 11 is 0. The molecular weight excluding hydrogens is 326 g/mol. The number of rotatable bonds is 6. The predicted molar refractivity (Wildman–Crippen MR) is 102 cm³/mol. The molecule has 3 aromatic rings. The molecule has 0 saturated heterocycles. The van der Waals surface area contributed by atoms with Crippen LogP contribution in [0.1, 0.15) is 49.1 Å². The molecule has 1 aliphatic carbocycles. The van der Waals surface area contributed by atoms with Crippen molar-refractivity contribution in [1.82, 2.24) is 19.6 Å². The molecule has 4 rings (SSSR count). The van der Waals surface area contributed by atoms with Crippen molar-refractivity contribution in [2.24, 2.45) is 5.92 Å². The summed E-state index contributed by atoms with van der Waals surface area (Å²) in [6, 6.07) is 5.94. The van der Waals surface area contributed by atoms with Crippen molar-refractivity contribution in [2.45, 2.75) is 46.0 Å². The van der Waals surface area contributed by atoms with Crippen LogP contribution in [0.3, 0.4) is 0 Å². The Morgan fingerprint density at radius 1 is 1.27 bits per heavy atom. The molecular formula is C20H25N5O. The average Bonchev–Trinajstić information content (AvgIpc) is 3.38. The van der Waals surface area contributed by atoms with Gasteiger partial charge in [0, 0.05) is 11.3 Å². The van der Waals surface area contributed by atoms with Gasteiger partial charge >= 0.3 is 0 Å². The van der Waals surface area contributed by atoms with E-state index in [4.69, 9.17) is 9.72 Å². The van der Waals surface area contributed by atoms with E-state index in [2.05, 4.69) is 22.3 Å². The Kier molecular flexibility index (Phi) is 4.26. The summed E-state index contributed by atoms with van der Waals surface area (Å²) in [5.41, 5.74) is 4.24. The topological polar surface area (TPSA) is 64.3 Å². The fourth-order valence-corrected chi connectivity index (χ4v) is 3.67. The molecule has 1 N–H and O–H groups in total. The number of fused-ring (bicyclic) bond motifs is 1. The molecule has 136 valence electrons. The zero-order valence-electron chi connectivity index (χ0n) is 15.8. The maximum absolute atomic E-state index is 5.29. The molecule has 0 radical (unpaired) electrons. The Morgan fingerprint density at radius 2 is 2.08 bits per heavy atom. The Bertz CT molecular complexity index is 945. The van der Waals surface area contributed by atoms with Crippen LogP contribution in [0.5, 0.6) is 5.75 Å². The maximum Gasteiger partial charge on any atom is 0.232 e. The van der Waals surface area contributed by atoms with E-state index in [1.54, 1.807) is 7.11 Å². The second-order valence-electron chi connectivity index (χ2n) is 7.09. The first kappa shape index (κ1) is 16.8. The molecule has 0 aliphatic heterocycles. The van der Waals surface area contributed by atoms with Gasteiger partial charge in [0.25, 0.3) is 0 Å². The zero-order valence-corrected chi connectivity index (χ0v) is 15.8. The number of aryl methyl sites for hydroxylation is 2. The number of hydrogen-bond acceptors (Lipinski definition) is 5. The van der Waals surface area contributed by atoms with Gasteiger partial charge in [0.15, 0.2) is 5.65 Å². The predicted octanol–water partition coefficient (Wildman–Crippen LogP) is 4.40. The molecule has 0 amide bonds. The molecule has 0 bridgehead atoms. The highest BCUT2D eigenvalue weighted by molar-refractivity contribution is 5.62. The van der Waals surface area contributed by atoms with Gasteiger partial charge in [-0.25, -0.2) is 4.98 Å². The summed E-state index contributed by atoms with van der Waals surface area (Å²) in [5, 5.41) is 8.02. The quantitative estimate of drug-likeness (QED) is 0.713. The summed E-state index contributed by atoms with van der Waals surface area (Å²) in [6.45, 7) is 6.23. The molecule has 2 heterocycles. The molecule has 1 aromatic carbocycles. The first-order valence-electron chi connectivity index (χ1n) is 9.24. The van der Waals surface area contributed by atoms with Gasteiger partial charge < -0.3 is 10.1 Å². The van der Waals surface area contributed by atoms with E-state index >= 15 is 0 Å². The van der Waals surface area contributed by atoms with Crippen LogP contribution in [-0.2, 0) is 0 Å². The third-order valence-corrected chi connectivity index (χ3v) is 5.22. The molecule has 1 atom stereocenters. The van der Waals surface area contributed by atoms with Crippen LogP contribution >= 0.6 is 0 Å². The Morgan fingerprint density at radius 3 is 2.73 bits per heavy atom. The van der Waals surface area contributed by atoms with Crippen molar-refractivity contribution in [3.63, 3.8) is 0 Å². The number of hydrogen-bond donors (Lipinski definition) is 1. The summed E-state index contributed by atoms with van der Waals surface area (Å²) < 4.78 is 7.12. The SMILES string of the molecule is CCC(c1cnn2c(Nc3ccc(OC)cc3C)nc(C)nc12)C1CC1. The minimum atomic E-state index is 0.539. The van der Waals surface area contributed by atoms with Gasteiger partial charge in [-0.2, -0.15) is 14.6 Å². The van der Waals surface area contributed by atoms with E-state index in [1.807, 2.05) is 42.8 Å². The van der Waals surface area contributed by atoms with Crippen molar-refractivity contribution in [3.05, 3.63) is 41.3 Å². The van der Waals surface area contributed by atoms with Gasteiger partial charge in [-0.15, -0.1) is 0 Å². The number of ether oxygens (including phenoxy) is 1. The molecule has 1 unspecified atom stereocenters. The zero-order chi connectivity index (χ0) is 18.3. The standard InChI is InChI=1S/C20H25N5O/c1-5-16(14-6-7-14)17-11-21-25-19(17)22-13(3)23-20(25)24-18-9-8-15(26-4)10-12(18)2/h8-11,14,16H,5-7H2,1-4H3,(H,22,23,24). The molecule has 2 aromatic heterocycles. The largest absolute Gasteiger partial charge is 0.497 e. The second-order valence-corrected chi connectivity index (χ2v) is 7.09. The molecule has 6 heteroatoms. The number of methoxy groups -OCH3 is 1. The lowest BCUT2D eigenvalue weighted by atomic mass is 9.94. The van der Waals surface area contributed by atoms with Crippen LogP contribution in [-0.4, -0.2) is 26.7 Å². The van der Waals surface area contributed by atoms with E-state index in [9.17, 15) is 0 Å². The lowest BCUT2D eigenvalue weighted by Crippen LogP contribution is -2.08. The number of nitrogens with zero attached hydrogens (tertiary/aromatic N) is 4.